The van der Waals surface area contributed by atoms with E-state index in [-0.39, 0.29) is 17.5 Å². The molecule has 0 aliphatic carbocycles. The lowest BCUT2D eigenvalue weighted by atomic mass is 9.98. The van der Waals surface area contributed by atoms with Crippen LogP contribution in [0.2, 0.25) is 0 Å². The molecule has 120 valence electrons. The summed E-state index contributed by atoms with van der Waals surface area (Å²) in [5.41, 5.74) is -0.0542. The molecule has 1 aromatic rings. The van der Waals surface area contributed by atoms with Crippen LogP contribution in [0.25, 0.3) is 0 Å². The van der Waals surface area contributed by atoms with Gasteiger partial charge in [0.25, 0.3) is 0 Å². The maximum Gasteiger partial charge on any atom is 0.356 e. The number of nitrogens with zero attached hydrogens (tertiary/aromatic N) is 3. The van der Waals surface area contributed by atoms with Crippen LogP contribution in [0.1, 0.15) is 37.2 Å². The minimum atomic E-state index is -1.08. The molecule has 0 saturated carbocycles. The van der Waals surface area contributed by atoms with Crippen LogP contribution >= 0.6 is 0 Å². The summed E-state index contributed by atoms with van der Waals surface area (Å²) in [6, 6.07) is 0. The number of piperidine rings is 1. The topological polar surface area (TPSA) is 95.4 Å². The predicted molar refractivity (Wildman–Crippen MR) is 81.8 cm³/mol. The fourth-order valence-corrected chi connectivity index (χ4v) is 2.48. The van der Waals surface area contributed by atoms with Crippen LogP contribution < -0.4 is 10.2 Å². The molecular weight excluding hydrogens is 284 g/mol. The number of amides is 1. The molecule has 2 rings (SSSR count). The van der Waals surface area contributed by atoms with E-state index in [4.69, 9.17) is 5.11 Å². The van der Waals surface area contributed by atoms with E-state index in [0.717, 1.165) is 25.9 Å². The van der Waals surface area contributed by atoms with Gasteiger partial charge in [-0.2, -0.15) is 0 Å². The lowest BCUT2D eigenvalue weighted by Crippen LogP contribution is -2.42. The molecule has 0 bridgehead atoms. The quantitative estimate of drug-likeness (QED) is 0.847. The molecule has 1 amide bonds. The largest absolute Gasteiger partial charge is 0.476 e. The van der Waals surface area contributed by atoms with Gasteiger partial charge in [-0.1, -0.05) is 13.8 Å². The lowest BCUT2D eigenvalue weighted by molar-refractivity contribution is -0.124. The van der Waals surface area contributed by atoms with Gasteiger partial charge in [0, 0.05) is 25.6 Å². The number of rotatable bonds is 5. The summed E-state index contributed by atoms with van der Waals surface area (Å²) in [6.45, 7) is 6.08. The van der Waals surface area contributed by atoms with Crippen LogP contribution in [0.5, 0.6) is 0 Å². The summed E-state index contributed by atoms with van der Waals surface area (Å²) in [5.74, 6) is 0.0473. The number of anilines is 1. The van der Waals surface area contributed by atoms with Crippen molar-refractivity contribution in [1.82, 2.24) is 15.3 Å². The van der Waals surface area contributed by atoms with Crippen molar-refractivity contribution in [2.75, 3.05) is 24.5 Å². The number of carbonyl (C=O) groups is 2. The van der Waals surface area contributed by atoms with Gasteiger partial charge in [-0.25, -0.2) is 14.8 Å². The maximum absolute atomic E-state index is 11.6. The Morgan fingerprint density at radius 1 is 1.41 bits per heavy atom. The number of aromatic carboxylic acids is 1. The van der Waals surface area contributed by atoms with Crippen LogP contribution in [0.4, 0.5) is 5.82 Å². The zero-order chi connectivity index (χ0) is 16.1. The van der Waals surface area contributed by atoms with Gasteiger partial charge in [0.15, 0.2) is 5.69 Å². The summed E-state index contributed by atoms with van der Waals surface area (Å²) in [5, 5.41) is 11.8. The van der Waals surface area contributed by atoms with E-state index in [1.807, 2.05) is 13.8 Å². The van der Waals surface area contributed by atoms with E-state index >= 15 is 0 Å². The Morgan fingerprint density at radius 2 is 2.18 bits per heavy atom. The molecule has 0 aromatic carbocycles. The molecule has 7 nitrogen and oxygen atoms in total. The van der Waals surface area contributed by atoms with Crippen molar-refractivity contribution in [2.24, 2.45) is 11.8 Å². The fourth-order valence-electron chi connectivity index (χ4n) is 2.48. The molecular formula is C15H22N4O3. The first-order valence-electron chi connectivity index (χ1n) is 7.55. The first kappa shape index (κ1) is 16.2. The van der Waals surface area contributed by atoms with Crippen molar-refractivity contribution < 1.29 is 14.7 Å². The fraction of sp³-hybridized carbons (Fsp3) is 0.600. The third kappa shape index (κ3) is 4.16. The van der Waals surface area contributed by atoms with Gasteiger partial charge in [0.05, 0.1) is 12.4 Å². The Hall–Kier alpha value is -2.18. The predicted octanol–water partition coefficient (Wildman–Crippen LogP) is 1.16. The highest BCUT2D eigenvalue weighted by atomic mass is 16.4. The van der Waals surface area contributed by atoms with Crippen LogP contribution in [0.3, 0.4) is 0 Å². The standard InChI is InChI=1S/C15H22N4O3/c1-10(2)14(20)18-6-11-4-3-5-19(9-11)13-8-16-12(7-17-13)15(21)22/h7-8,10-11H,3-6,9H2,1-2H3,(H,18,20)(H,21,22). The lowest BCUT2D eigenvalue weighted by Gasteiger charge is -2.33. The Kier molecular flexibility index (Phi) is 5.30. The second-order valence-corrected chi connectivity index (χ2v) is 5.92. The molecule has 2 heterocycles. The summed E-state index contributed by atoms with van der Waals surface area (Å²) in [7, 11) is 0. The van der Waals surface area contributed by atoms with Crippen molar-refractivity contribution in [1.29, 1.82) is 0 Å². The van der Waals surface area contributed by atoms with Crippen LogP contribution in [-0.4, -0.2) is 46.6 Å². The zero-order valence-electron chi connectivity index (χ0n) is 13.0. The third-order valence-electron chi connectivity index (χ3n) is 3.79. The van der Waals surface area contributed by atoms with Gasteiger partial charge in [0.1, 0.15) is 5.82 Å². The van der Waals surface area contributed by atoms with Crippen molar-refractivity contribution in [3.05, 3.63) is 18.1 Å². The Balaban J connectivity index is 1.92. The van der Waals surface area contributed by atoms with Crippen molar-refractivity contribution >= 4 is 17.7 Å². The van der Waals surface area contributed by atoms with Crippen molar-refractivity contribution in [3.8, 4) is 0 Å². The summed E-state index contributed by atoms with van der Waals surface area (Å²) < 4.78 is 0. The number of aromatic nitrogens is 2. The van der Waals surface area contributed by atoms with Crippen LogP contribution in [0, 0.1) is 11.8 Å². The monoisotopic (exact) mass is 306 g/mol. The number of carboxylic acids is 1. The summed E-state index contributed by atoms with van der Waals surface area (Å²) >= 11 is 0. The molecule has 7 heteroatoms. The minimum absolute atomic E-state index is 0.00544. The Morgan fingerprint density at radius 3 is 2.77 bits per heavy atom. The molecule has 1 fully saturated rings. The molecule has 1 atom stereocenters. The normalized spacial score (nSPS) is 18.3. The molecule has 0 radical (unpaired) electrons. The maximum atomic E-state index is 11.6. The number of hydrogen-bond donors (Lipinski definition) is 2. The highest BCUT2D eigenvalue weighted by molar-refractivity contribution is 5.84. The molecule has 1 aromatic heterocycles. The Labute approximate surface area is 129 Å². The smallest absolute Gasteiger partial charge is 0.356 e. The summed E-state index contributed by atoms with van der Waals surface area (Å²) in [6.07, 6.45) is 4.86. The highest BCUT2D eigenvalue weighted by Gasteiger charge is 2.22. The van der Waals surface area contributed by atoms with E-state index in [9.17, 15) is 9.59 Å². The van der Waals surface area contributed by atoms with Gasteiger partial charge < -0.3 is 15.3 Å². The van der Waals surface area contributed by atoms with Gasteiger partial charge in [0.2, 0.25) is 5.91 Å². The molecule has 22 heavy (non-hydrogen) atoms. The van der Waals surface area contributed by atoms with Gasteiger partial charge in [-0.3, -0.25) is 4.79 Å². The van der Waals surface area contributed by atoms with E-state index < -0.39 is 5.97 Å². The number of carbonyl (C=O) groups excluding carboxylic acids is 1. The van der Waals surface area contributed by atoms with Crippen LogP contribution in [-0.2, 0) is 4.79 Å². The number of nitrogens with one attached hydrogen (secondary N) is 1. The molecule has 1 aliphatic heterocycles. The second-order valence-electron chi connectivity index (χ2n) is 5.92. The molecule has 1 aliphatic rings. The van der Waals surface area contributed by atoms with E-state index in [2.05, 4.69) is 20.2 Å². The zero-order valence-corrected chi connectivity index (χ0v) is 13.0. The SMILES string of the molecule is CC(C)C(=O)NCC1CCCN(c2cnc(C(=O)O)cn2)C1. The average molecular weight is 306 g/mol. The Bertz CT molecular complexity index is 530. The highest BCUT2D eigenvalue weighted by Crippen LogP contribution is 2.20. The summed E-state index contributed by atoms with van der Waals surface area (Å²) in [4.78, 5) is 32.6. The first-order chi connectivity index (χ1) is 10.5. The van der Waals surface area contributed by atoms with Gasteiger partial charge in [-0.15, -0.1) is 0 Å². The number of carboxylic acid groups (broad SMARTS) is 1. The molecule has 2 N–H and O–H groups in total. The average Bonchev–Trinajstić information content (AvgIpc) is 2.52. The molecule has 0 spiro atoms. The van der Waals surface area contributed by atoms with E-state index in [0.29, 0.717) is 18.3 Å². The number of hydrogen-bond acceptors (Lipinski definition) is 5. The van der Waals surface area contributed by atoms with E-state index in [1.54, 1.807) is 0 Å². The molecule has 1 saturated heterocycles. The third-order valence-corrected chi connectivity index (χ3v) is 3.79. The van der Waals surface area contributed by atoms with E-state index in [1.165, 1.54) is 12.4 Å². The second kappa shape index (κ2) is 7.20. The van der Waals surface area contributed by atoms with Gasteiger partial charge >= 0.3 is 5.97 Å². The van der Waals surface area contributed by atoms with Crippen molar-refractivity contribution in [2.45, 2.75) is 26.7 Å². The minimum Gasteiger partial charge on any atom is -0.476 e. The first-order valence-corrected chi connectivity index (χ1v) is 7.55. The van der Waals surface area contributed by atoms with Gasteiger partial charge in [-0.05, 0) is 18.8 Å². The van der Waals surface area contributed by atoms with Crippen molar-refractivity contribution in [3.63, 3.8) is 0 Å². The molecule has 1 unspecified atom stereocenters. The van der Waals surface area contributed by atoms with Crippen LogP contribution in [0.15, 0.2) is 12.4 Å².